The topological polar surface area (TPSA) is 71.8 Å². The van der Waals surface area contributed by atoms with Gasteiger partial charge >= 0.3 is 0 Å². The van der Waals surface area contributed by atoms with E-state index in [0.717, 1.165) is 12.3 Å². The molecule has 0 saturated carbocycles. The number of rotatable bonds is 11. The van der Waals surface area contributed by atoms with Crippen molar-refractivity contribution in [3.8, 4) is 5.75 Å². The second kappa shape index (κ2) is 11.2. The number of amides is 1. The first-order valence-corrected chi connectivity index (χ1v) is 11.8. The van der Waals surface area contributed by atoms with Gasteiger partial charge in [-0.05, 0) is 50.2 Å². The van der Waals surface area contributed by atoms with Crippen molar-refractivity contribution in [3.63, 3.8) is 0 Å². The van der Waals surface area contributed by atoms with Crippen LogP contribution in [-0.2, 0) is 27.9 Å². The number of carbonyl (C=O) groups is 1. The van der Waals surface area contributed by atoms with Crippen molar-refractivity contribution in [2.24, 2.45) is 0 Å². The summed E-state index contributed by atoms with van der Waals surface area (Å²) in [6.07, 6.45) is 7.85. The standard InChI is InChI=1S/C20H26N2O4S2/c23-20(16-28(24)15-17-6-5-11-25-17)21-7-1-4-10-26-18-12-19(27-14-18)13-22-8-2-3-9-22/h1,4-6,11-12,14H,2-3,7-10,13,15-16H2,(H,21,23). The third-order valence-electron chi connectivity index (χ3n) is 4.31. The number of nitrogens with one attached hydrogen (secondary N) is 1. The normalized spacial score (nSPS) is 15.9. The van der Waals surface area contributed by atoms with Crippen LogP contribution in [0.5, 0.6) is 5.75 Å². The SMILES string of the molecule is O=C(CS(=O)Cc1ccco1)NCC=CCOc1csc(CN2CCCC2)c1. The van der Waals surface area contributed by atoms with E-state index in [1.54, 1.807) is 23.5 Å². The number of hydrogen-bond donors (Lipinski definition) is 1. The second-order valence-electron chi connectivity index (χ2n) is 6.63. The van der Waals surface area contributed by atoms with E-state index in [9.17, 15) is 9.00 Å². The predicted molar refractivity (Wildman–Crippen MR) is 112 cm³/mol. The number of nitrogens with zero attached hydrogens (tertiary/aromatic N) is 1. The van der Waals surface area contributed by atoms with E-state index in [1.807, 2.05) is 17.5 Å². The Bertz CT molecular complexity index is 780. The average Bonchev–Trinajstić information content (AvgIpc) is 3.42. The van der Waals surface area contributed by atoms with Crippen molar-refractivity contribution < 1.29 is 18.2 Å². The molecule has 1 N–H and O–H groups in total. The Morgan fingerprint density at radius 3 is 3.00 bits per heavy atom. The first-order valence-electron chi connectivity index (χ1n) is 9.40. The van der Waals surface area contributed by atoms with Crippen molar-refractivity contribution in [1.29, 1.82) is 0 Å². The highest BCUT2D eigenvalue weighted by molar-refractivity contribution is 7.84. The minimum atomic E-state index is -1.27. The highest BCUT2D eigenvalue weighted by Gasteiger charge is 2.13. The zero-order valence-corrected chi connectivity index (χ0v) is 17.4. The molecule has 1 aliphatic heterocycles. The molecule has 3 heterocycles. The van der Waals surface area contributed by atoms with Gasteiger partial charge in [0.2, 0.25) is 5.91 Å². The Morgan fingerprint density at radius 2 is 2.21 bits per heavy atom. The molecule has 8 heteroatoms. The molecule has 2 aromatic rings. The maximum absolute atomic E-state index is 11.9. The highest BCUT2D eigenvalue weighted by Crippen LogP contribution is 2.24. The van der Waals surface area contributed by atoms with Crippen LogP contribution in [-0.4, -0.2) is 47.0 Å². The van der Waals surface area contributed by atoms with Gasteiger partial charge in [0, 0.05) is 34.1 Å². The molecule has 2 aromatic heterocycles. The van der Waals surface area contributed by atoms with Crippen molar-refractivity contribution in [3.05, 3.63) is 52.6 Å². The Morgan fingerprint density at radius 1 is 1.36 bits per heavy atom. The van der Waals surface area contributed by atoms with Gasteiger partial charge in [0.25, 0.3) is 0 Å². The van der Waals surface area contributed by atoms with E-state index in [2.05, 4.69) is 16.3 Å². The van der Waals surface area contributed by atoms with Gasteiger partial charge in [0.15, 0.2) is 0 Å². The molecule has 0 aromatic carbocycles. The number of carbonyl (C=O) groups excluding carboxylic acids is 1. The Kier molecular flexibility index (Phi) is 8.32. The summed E-state index contributed by atoms with van der Waals surface area (Å²) < 4.78 is 22.7. The third-order valence-corrected chi connectivity index (χ3v) is 6.40. The summed E-state index contributed by atoms with van der Waals surface area (Å²) in [7, 11) is -1.27. The summed E-state index contributed by atoms with van der Waals surface area (Å²) in [5.41, 5.74) is 0. The molecular weight excluding hydrogens is 396 g/mol. The lowest BCUT2D eigenvalue weighted by Gasteiger charge is -2.12. The van der Waals surface area contributed by atoms with E-state index in [0.29, 0.717) is 18.9 Å². The quantitative estimate of drug-likeness (QED) is 0.564. The van der Waals surface area contributed by atoms with Gasteiger partial charge in [-0.2, -0.15) is 0 Å². The average molecular weight is 423 g/mol. The molecule has 1 unspecified atom stereocenters. The Balaban J connectivity index is 1.26. The molecule has 0 spiro atoms. The minimum Gasteiger partial charge on any atom is -0.489 e. The summed E-state index contributed by atoms with van der Waals surface area (Å²) in [5, 5.41) is 4.76. The third kappa shape index (κ3) is 7.26. The van der Waals surface area contributed by atoms with Crippen LogP contribution >= 0.6 is 11.3 Å². The largest absolute Gasteiger partial charge is 0.489 e. The van der Waals surface area contributed by atoms with Crippen LogP contribution in [0.2, 0.25) is 0 Å². The lowest BCUT2D eigenvalue weighted by Crippen LogP contribution is -2.28. The van der Waals surface area contributed by atoms with Gasteiger partial charge in [-0.25, -0.2) is 0 Å². The first kappa shape index (κ1) is 20.8. The summed E-state index contributed by atoms with van der Waals surface area (Å²) in [6, 6.07) is 5.60. The molecule has 6 nitrogen and oxygen atoms in total. The van der Waals surface area contributed by atoms with Gasteiger partial charge < -0.3 is 14.5 Å². The van der Waals surface area contributed by atoms with E-state index in [4.69, 9.17) is 9.15 Å². The van der Waals surface area contributed by atoms with Crippen molar-refractivity contribution in [2.45, 2.75) is 25.1 Å². The molecule has 1 aliphatic rings. The minimum absolute atomic E-state index is 0.0280. The van der Waals surface area contributed by atoms with Crippen LogP contribution < -0.4 is 10.1 Å². The Hall–Kier alpha value is -1.90. The molecule has 0 bridgehead atoms. The zero-order chi connectivity index (χ0) is 19.6. The fourth-order valence-electron chi connectivity index (χ4n) is 2.95. The van der Waals surface area contributed by atoms with Crippen LogP contribution in [0.4, 0.5) is 0 Å². The fourth-order valence-corrected chi connectivity index (χ4v) is 4.77. The molecule has 152 valence electrons. The van der Waals surface area contributed by atoms with Crippen molar-refractivity contribution >= 4 is 28.0 Å². The summed E-state index contributed by atoms with van der Waals surface area (Å²) in [4.78, 5) is 15.6. The molecule has 28 heavy (non-hydrogen) atoms. The number of hydrogen-bond acceptors (Lipinski definition) is 6. The lowest BCUT2D eigenvalue weighted by molar-refractivity contribution is -0.118. The summed E-state index contributed by atoms with van der Waals surface area (Å²) in [6.45, 7) is 4.25. The number of likely N-dealkylation sites (tertiary alicyclic amines) is 1. The van der Waals surface area contributed by atoms with Gasteiger partial charge in [-0.15, -0.1) is 11.3 Å². The molecular formula is C20H26N2O4S2. The van der Waals surface area contributed by atoms with E-state index in [1.165, 1.54) is 37.1 Å². The second-order valence-corrected chi connectivity index (χ2v) is 9.08. The maximum Gasteiger partial charge on any atom is 0.232 e. The van der Waals surface area contributed by atoms with Gasteiger partial charge in [-0.3, -0.25) is 13.9 Å². The van der Waals surface area contributed by atoms with Gasteiger partial charge in [0.05, 0.1) is 12.0 Å². The predicted octanol–water partition coefficient (Wildman–Crippen LogP) is 2.94. The van der Waals surface area contributed by atoms with Gasteiger partial charge in [-0.1, -0.05) is 6.08 Å². The fraction of sp³-hybridized carbons (Fsp3) is 0.450. The zero-order valence-electron chi connectivity index (χ0n) is 15.8. The Labute approximate surface area is 172 Å². The first-order chi connectivity index (χ1) is 13.7. The van der Waals surface area contributed by atoms with Crippen molar-refractivity contribution in [2.75, 3.05) is 32.0 Å². The summed E-state index contributed by atoms with van der Waals surface area (Å²) >= 11 is 1.73. The van der Waals surface area contributed by atoms with Gasteiger partial charge in [0.1, 0.15) is 23.9 Å². The number of furan rings is 1. The number of thiophene rings is 1. The molecule has 0 radical (unpaired) electrons. The van der Waals surface area contributed by atoms with Crippen LogP contribution in [0.3, 0.4) is 0 Å². The van der Waals surface area contributed by atoms with Crippen LogP contribution in [0.25, 0.3) is 0 Å². The van der Waals surface area contributed by atoms with E-state index >= 15 is 0 Å². The molecule has 1 amide bonds. The van der Waals surface area contributed by atoms with Crippen LogP contribution in [0, 0.1) is 0 Å². The molecule has 1 fully saturated rings. The van der Waals surface area contributed by atoms with Crippen LogP contribution in [0.15, 0.2) is 46.4 Å². The van der Waals surface area contributed by atoms with Crippen molar-refractivity contribution in [1.82, 2.24) is 10.2 Å². The monoisotopic (exact) mass is 422 g/mol. The molecule has 1 saturated heterocycles. The maximum atomic E-state index is 11.9. The molecule has 3 rings (SSSR count). The lowest BCUT2D eigenvalue weighted by atomic mass is 10.4. The van der Waals surface area contributed by atoms with E-state index < -0.39 is 10.8 Å². The summed E-state index contributed by atoms with van der Waals surface area (Å²) in [5.74, 6) is 1.51. The van der Waals surface area contributed by atoms with E-state index in [-0.39, 0.29) is 17.4 Å². The molecule has 1 atom stereocenters. The molecule has 0 aliphatic carbocycles. The highest BCUT2D eigenvalue weighted by atomic mass is 32.2. The van der Waals surface area contributed by atoms with Crippen LogP contribution in [0.1, 0.15) is 23.5 Å². The number of ether oxygens (including phenoxy) is 1. The smallest absolute Gasteiger partial charge is 0.232 e.